The number of carbonyl (C=O) groups excluding carboxylic acids is 1. The van der Waals surface area contributed by atoms with Gasteiger partial charge in [-0.2, -0.15) is 0 Å². The van der Waals surface area contributed by atoms with E-state index in [-0.39, 0.29) is 17.1 Å². The third-order valence-electron chi connectivity index (χ3n) is 4.60. The van der Waals surface area contributed by atoms with Gasteiger partial charge in [-0.25, -0.2) is 8.42 Å². The van der Waals surface area contributed by atoms with Crippen LogP contribution in [0.25, 0.3) is 0 Å². The Hall–Kier alpha value is -0.660. The Morgan fingerprint density at radius 2 is 1.59 bits per heavy atom. The van der Waals surface area contributed by atoms with E-state index in [0.717, 1.165) is 0 Å². The summed E-state index contributed by atoms with van der Waals surface area (Å²) in [7, 11) is -0.232. The molecule has 0 saturated carbocycles. The maximum atomic E-state index is 12.3. The van der Waals surface area contributed by atoms with Crippen molar-refractivity contribution in [1.82, 2.24) is 5.32 Å². The Bertz CT molecular complexity index is 476. The molecule has 0 unspecified atom stereocenters. The SMILES string of the molecule is CC(C)(C)C(C)(C)C(=O)NCC[N+](C)(C)CCCS(=O)(=O)[O-]. The summed E-state index contributed by atoms with van der Waals surface area (Å²) < 4.78 is 32.4. The number of hydrogen-bond acceptors (Lipinski definition) is 4. The minimum absolute atomic E-state index is 0.0159. The average Bonchev–Trinajstić information content (AvgIpc) is 2.24. The second-order valence-corrected chi connectivity index (χ2v) is 9.65. The van der Waals surface area contributed by atoms with Crippen molar-refractivity contribution in [2.75, 3.05) is 39.5 Å². The fourth-order valence-electron chi connectivity index (χ4n) is 1.81. The lowest BCUT2D eigenvalue weighted by atomic mass is 9.69. The quantitative estimate of drug-likeness (QED) is 0.533. The highest BCUT2D eigenvalue weighted by molar-refractivity contribution is 7.85. The minimum atomic E-state index is -4.15. The van der Waals surface area contributed by atoms with Crippen LogP contribution in [0.2, 0.25) is 0 Å². The standard InChI is InChI=1S/C15H32N2O4S/c1-14(2,3)15(4,5)13(18)16-9-11-17(6,7)10-8-12-22(19,20)21/h8-12H2,1-7H3,(H-,16,18,19,20,21). The molecule has 0 radical (unpaired) electrons. The Labute approximate surface area is 135 Å². The lowest BCUT2D eigenvalue weighted by molar-refractivity contribution is -0.889. The first kappa shape index (κ1) is 21.3. The number of amides is 1. The highest BCUT2D eigenvalue weighted by atomic mass is 32.2. The molecule has 0 aliphatic carbocycles. The first-order valence-electron chi connectivity index (χ1n) is 7.62. The van der Waals surface area contributed by atoms with E-state index in [4.69, 9.17) is 0 Å². The summed E-state index contributed by atoms with van der Waals surface area (Å²) in [5, 5.41) is 2.96. The van der Waals surface area contributed by atoms with Gasteiger partial charge in [0.05, 0.1) is 43.8 Å². The number of rotatable bonds is 8. The summed E-state index contributed by atoms with van der Waals surface area (Å²) in [5.74, 6) is -0.319. The highest BCUT2D eigenvalue weighted by Crippen LogP contribution is 2.37. The summed E-state index contributed by atoms with van der Waals surface area (Å²) >= 11 is 0. The zero-order valence-electron chi connectivity index (χ0n) is 15.0. The number of nitrogens with zero attached hydrogens (tertiary/aromatic N) is 1. The molecule has 1 N–H and O–H groups in total. The van der Waals surface area contributed by atoms with E-state index in [1.165, 1.54) is 0 Å². The van der Waals surface area contributed by atoms with Crippen molar-refractivity contribution in [2.24, 2.45) is 10.8 Å². The van der Waals surface area contributed by atoms with Gasteiger partial charge in [0, 0.05) is 17.6 Å². The van der Waals surface area contributed by atoms with Crippen LogP contribution in [-0.2, 0) is 14.9 Å². The molecule has 0 spiro atoms. The Morgan fingerprint density at radius 3 is 2.00 bits per heavy atom. The molecule has 0 aromatic heterocycles. The number of nitrogens with one attached hydrogen (secondary N) is 1. The third kappa shape index (κ3) is 7.56. The summed E-state index contributed by atoms with van der Waals surface area (Å²) in [5.41, 5.74) is -0.606. The summed E-state index contributed by atoms with van der Waals surface area (Å²) in [4.78, 5) is 12.3. The molecule has 0 aliphatic rings. The second kappa shape index (κ2) is 7.27. The van der Waals surface area contributed by atoms with Crippen LogP contribution in [-0.4, -0.2) is 62.8 Å². The van der Waals surface area contributed by atoms with E-state index in [2.05, 4.69) is 5.32 Å². The molecular weight excluding hydrogens is 304 g/mol. The van der Waals surface area contributed by atoms with E-state index < -0.39 is 15.5 Å². The van der Waals surface area contributed by atoms with Crippen molar-refractivity contribution in [3.8, 4) is 0 Å². The van der Waals surface area contributed by atoms with Crippen molar-refractivity contribution in [2.45, 2.75) is 41.0 Å². The Balaban J connectivity index is 4.31. The predicted octanol–water partition coefficient (Wildman–Crippen LogP) is 1.19. The van der Waals surface area contributed by atoms with Crippen LogP contribution in [0.15, 0.2) is 0 Å². The van der Waals surface area contributed by atoms with Crippen molar-refractivity contribution < 1.29 is 22.2 Å². The maximum Gasteiger partial charge on any atom is 0.226 e. The topological polar surface area (TPSA) is 86.3 Å². The summed E-state index contributed by atoms with van der Waals surface area (Å²) in [6.07, 6.45) is 0.334. The van der Waals surface area contributed by atoms with Crippen LogP contribution in [0.5, 0.6) is 0 Å². The van der Waals surface area contributed by atoms with Gasteiger partial charge in [-0.1, -0.05) is 34.6 Å². The molecule has 22 heavy (non-hydrogen) atoms. The van der Waals surface area contributed by atoms with Gasteiger partial charge in [-0.05, 0) is 5.41 Å². The molecule has 0 heterocycles. The van der Waals surface area contributed by atoms with E-state index in [0.29, 0.717) is 30.5 Å². The summed E-state index contributed by atoms with van der Waals surface area (Å²) in [6, 6.07) is 0. The van der Waals surface area contributed by atoms with Crippen LogP contribution in [0.1, 0.15) is 41.0 Å². The minimum Gasteiger partial charge on any atom is -0.748 e. The molecule has 0 aromatic rings. The largest absolute Gasteiger partial charge is 0.748 e. The normalized spacial score (nSPS) is 14.0. The highest BCUT2D eigenvalue weighted by Gasteiger charge is 2.39. The molecule has 1 amide bonds. The lowest BCUT2D eigenvalue weighted by Gasteiger charge is -2.37. The molecule has 0 atom stereocenters. The number of carbonyl (C=O) groups is 1. The van der Waals surface area contributed by atoms with Gasteiger partial charge >= 0.3 is 0 Å². The fourth-order valence-corrected chi connectivity index (χ4v) is 2.30. The first-order chi connectivity index (χ1) is 9.58. The molecule has 132 valence electrons. The van der Waals surface area contributed by atoms with Crippen LogP contribution in [0, 0.1) is 10.8 Å². The van der Waals surface area contributed by atoms with Gasteiger partial charge in [0.1, 0.15) is 0 Å². The molecule has 0 aliphatic heterocycles. The van der Waals surface area contributed by atoms with E-state index in [9.17, 15) is 17.8 Å². The van der Waals surface area contributed by atoms with Gasteiger partial charge < -0.3 is 14.4 Å². The van der Waals surface area contributed by atoms with Crippen molar-refractivity contribution in [1.29, 1.82) is 0 Å². The van der Waals surface area contributed by atoms with E-state index in [1.54, 1.807) is 0 Å². The Morgan fingerprint density at radius 1 is 1.09 bits per heavy atom. The smallest absolute Gasteiger partial charge is 0.226 e. The van der Waals surface area contributed by atoms with Crippen molar-refractivity contribution in [3.63, 3.8) is 0 Å². The molecular formula is C15H32N2O4S. The maximum absolute atomic E-state index is 12.3. The molecule has 0 saturated heterocycles. The number of quaternary nitrogens is 1. The van der Waals surface area contributed by atoms with E-state index in [1.807, 2.05) is 48.7 Å². The van der Waals surface area contributed by atoms with Gasteiger partial charge in [0.15, 0.2) is 0 Å². The van der Waals surface area contributed by atoms with Gasteiger partial charge in [-0.15, -0.1) is 0 Å². The molecule has 6 nitrogen and oxygen atoms in total. The Kier molecular flexibility index (Phi) is 7.06. The third-order valence-corrected chi connectivity index (χ3v) is 5.39. The zero-order valence-corrected chi connectivity index (χ0v) is 15.8. The van der Waals surface area contributed by atoms with Crippen LogP contribution in [0.4, 0.5) is 0 Å². The average molecular weight is 336 g/mol. The van der Waals surface area contributed by atoms with Crippen molar-refractivity contribution in [3.05, 3.63) is 0 Å². The van der Waals surface area contributed by atoms with Gasteiger partial charge in [0.25, 0.3) is 0 Å². The van der Waals surface area contributed by atoms with Crippen molar-refractivity contribution >= 4 is 16.0 Å². The molecule has 0 bridgehead atoms. The predicted molar refractivity (Wildman–Crippen MR) is 87.3 cm³/mol. The molecule has 0 aromatic carbocycles. The monoisotopic (exact) mass is 336 g/mol. The number of likely N-dealkylation sites (N-methyl/N-ethyl adjacent to an activating group) is 1. The zero-order chi connectivity index (χ0) is 17.8. The van der Waals surface area contributed by atoms with Crippen LogP contribution in [0.3, 0.4) is 0 Å². The summed E-state index contributed by atoms with van der Waals surface area (Å²) in [6.45, 7) is 11.8. The fraction of sp³-hybridized carbons (Fsp3) is 0.933. The van der Waals surface area contributed by atoms with Gasteiger partial charge in [-0.3, -0.25) is 4.79 Å². The first-order valence-corrected chi connectivity index (χ1v) is 9.20. The molecule has 7 heteroatoms. The molecule has 0 fully saturated rings. The van der Waals surface area contributed by atoms with Crippen LogP contribution >= 0.6 is 0 Å². The number of hydrogen-bond donors (Lipinski definition) is 1. The second-order valence-electron chi connectivity index (χ2n) is 8.13. The molecule has 0 rings (SSSR count). The van der Waals surface area contributed by atoms with Crippen LogP contribution < -0.4 is 5.32 Å². The lowest BCUT2D eigenvalue weighted by Crippen LogP contribution is -2.50. The van der Waals surface area contributed by atoms with E-state index >= 15 is 0 Å². The van der Waals surface area contributed by atoms with Gasteiger partial charge in [0.2, 0.25) is 5.91 Å².